The van der Waals surface area contributed by atoms with Gasteiger partial charge in [0.2, 0.25) is 0 Å². The van der Waals surface area contributed by atoms with Crippen molar-refractivity contribution in [1.29, 1.82) is 0 Å². The highest BCUT2D eigenvalue weighted by Crippen LogP contribution is 2.38. The molecule has 2 N–H and O–H groups in total. The van der Waals surface area contributed by atoms with Gasteiger partial charge in [-0.05, 0) is 26.3 Å². The van der Waals surface area contributed by atoms with E-state index in [-0.39, 0.29) is 12.6 Å². The number of aliphatic hydroxyl groups excluding tert-OH is 1. The van der Waals surface area contributed by atoms with Crippen LogP contribution in [-0.2, 0) is 6.18 Å². The highest BCUT2D eigenvalue weighted by molar-refractivity contribution is 5.10. The predicted molar refractivity (Wildman–Crippen MR) is 59.0 cm³/mol. The lowest BCUT2D eigenvalue weighted by atomic mass is 9.99. The third kappa shape index (κ3) is 2.37. The molecule has 7 heteroatoms. The molecule has 0 amide bonds. The first-order valence-electron chi connectivity index (χ1n) is 5.81. The molecule has 18 heavy (non-hydrogen) atoms. The Kier molecular flexibility index (Phi) is 3.37. The highest BCUT2D eigenvalue weighted by atomic mass is 19.4. The van der Waals surface area contributed by atoms with E-state index >= 15 is 0 Å². The van der Waals surface area contributed by atoms with Crippen LogP contribution in [0.1, 0.15) is 30.9 Å². The Morgan fingerprint density at radius 1 is 1.61 bits per heavy atom. The molecule has 1 aromatic rings. The van der Waals surface area contributed by atoms with Gasteiger partial charge in [0.05, 0.1) is 24.4 Å². The fraction of sp³-hybridized carbons (Fsp3) is 0.727. The number of nitrogens with zero attached hydrogens (tertiary/aromatic N) is 2. The zero-order chi connectivity index (χ0) is 13.4. The van der Waals surface area contributed by atoms with Crippen molar-refractivity contribution in [1.82, 2.24) is 15.1 Å². The van der Waals surface area contributed by atoms with Crippen LogP contribution in [0.4, 0.5) is 13.2 Å². The van der Waals surface area contributed by atoms with E-state index in [4.69, 9.17) is 0 Å². The van der Waals surface area contributed by atoms with Crippen molar-refractivity contribution >= 4 is 0 Å². The SMILES string of the molecule is CNC1(CO)CCC(n2cc(C(F)(F)F)cn2)C1. The average Bonchev–Trinajstić information content (AvgIpc) is 2.95. The van der Waals surface area contributed by atoms with Crippen LogP contribution < -0.4 is 5.32 Å². The first kappa shape index (κ1) is 13.4. The Morgan fingerprint density at radius 3 is 2.78 bits per heavy atom. The minimum Gasteiger partial charge on any atom is -0.394 e. The van der Waals surface area contributed by atoms with Crippen molar-refractivity contribution in [2.45, 2.75) is 37.0 Å². The average molecular weight is 263 g/mol. The fourth-order valence-electron chi connectivity index (χ4n) is 2.46. The van der Waals surface area contributed by atoms with Gasteiger partial charge in [0.25, 0.3) is 0 Å². The minimum absolute atomic E-state index is 0.0204. The first-order valence-corrected chi connectivity index (χ1v) is 5.81. The van der Waals surface area contributed by atoms with Gasteiger partial charge in [-0.3, -0.25) is 4.68 Å². The van der Waals surface area contributed by atoms with E-state index in [9.17, 15) is 18.3 Å². The van der Waals surface area contributed by atoms with Gasteiger partial charge in [-0.2, -0.15) is 18.3 Å². The van der Waals surface area contributed by atoms with Crippen LogP contribution in [0.15, 0.2) is 12.4 Å². The lowest BCUT2D eigenvalue weighted by Crippen LogP contribution is -2.44. The van der Waals surface area contributed by atoms with Crippen molar-refractivity contribution in [2.75, 3.05) is 13.7 Å². The van der Waals surface area contributed by atoms with Crippen molar-refractivity contribution in [3.05, 3.63) is 18.0 Å². The maximum atomic E-state index is 12.5. The monoisotopic (exact) mass is 263 g/mol. The third-order valence-electron chi connectivity index (χ3n) is 3.72. The van der Waals surface area contributed by atoms with E-state index < -0.39 is 17.3 Å². The third-order valence-corrected chi connectivity index (χ3v) is 3.72. The molecule has 0 aliphatic heterocycles. The second kappa shape index (κ2) is 4.55. The highest BCUT2D eigenvalue weighted by Gasteiger charge is 2.39. The molecule has 0 spiro atoms. The van der Waals surface area contributed by atoms with Crippen LogP contribution in [0.2, 0.25) is 0 Å². The maximum Gasteiger partial charge on any atom is 0.419 e. The summed E-state index contributed by atoms with van der Waals surface area (Å²) in [5.41, 5.74) is -1.12. The Bertz CT molecular complexity index is 412. The summed E-state index contributed by atoms with van der Waals surface area (Å²) in [5, 5.41) is 16.2. The summed E-state index contributed by atoms with van der Waals surface area (Å²) >= 11 is 0. The lowest BCUT2D eigenvalue weighted by molar-refractivity contribution is -0.137. The molecule has 2 unspecified atom stereocenters. The van der Waals surface area contributed by atoms with Gasteiger partial charge in [-0.1, -0.05) is 0 Å². The van der Waals surface area contributed by atoms with E-state index in [2.05, 4.69) is 10.4 Å². The van der Waals surface area contributed by atoms with Crippen LogP contribution in [0, 0.1) is 0 Å². The molecule has 1 aliphatic carbocycles. The van der Waals surface area contributed by atoms with Crippen LogP contribution in [0.25, 0.3) is 0 Å². The van der Waals surface area contributed by atoms with Gasteiger partial charge in [-0.25, -0.2) is 0 Å². The molecule has 2 rings (SSSR count). The lowest BCUT2D eigenvalue weighted by Gasteiger charge is -2.26. The molecule has 1 heterocycles. The molecule has 1 fully saturated rings. The van der Waals surface area contributed by atoms with Crippen LogP contribution in [0.5, 0.6) is 0 Å². The van der Waals surface area contributed by atoms with Gasteiger partial charge < -0.3 is 10.4 Å². The van der Waals surface area contributed by atoms with Gasteiger partial charge in [0, 0.05) is 11.7 Å². The number of nitrogens with one attached hydrogen (secondary N) is 1. The minimum atomic E-state index is -4.35. The molecule has 4 nitrogen and oxygen atoms in total. The van der Waals surface area contributed by atoms with Crippen LogP contribution in [-0.4, -0.2) is 34.1 Å². The largest absolute Gasteiger partial charge is 0.419 e. The molecule has 1 aliphatic rings. The molecule has 0 bridgehead atoms. The summed E-state index contributed by atoms with van der Waals surface area (Å²) in [6.07, 6.45) is -0.453. The zero-order valence-electron chi connectivity index (χ0n) is 10.0. The Hall–Kier alpha value is -1.08. The molecular weight excluding hydrogens is 247 g/mol. The van der Waals surface area contributed by atoms with E-state index in [0.29, 0.717) is 12.8 Å². The topological polar surface area (TPSA) is 50.1 Å². The number of hydrogen-bond donors (Lipinski definition) is 2. The van der Waals surface area contributed by atoms with E-state index in [1.165, 1.54) is 4.68 Å². The van der Waals surface area contributed by atoms with Gasteiger partial charge >= 0.3 is 6.18 Å². The Balaban J connectivity index is 2.13. The van der Waals surface area contributed by atoms with Crippen molar-refractivity contribution < 1.29 is 18.3 Å². The van der Waals surface area contributed by atoms with E-state index in [1.807, 2.05) is 0 Å². The molecular formula is C11H16F3N3O. The van der Waals surface area contributed by atoms with Crippen LogP contribution in [0.3, 0.4) is 0 Å². The number of hydrogen-bond acceptors (Lipinski definition) is 3. The van der Waals surface area contributed by atoms with E-state index in [0.717, 1.165) is 18.8 Å². The summed E-state index contributed by atoms with van der Waals surface area (Å²) in [6, 6.07) is -0.0966. The fourth-order valence-corrected chi connectivity index (χ4v) is 2.46. The predicted octanol–water partition coefficient (Wildman–Crippen LogP) is 1.58. The first-order chi connectivity index (χ1) is 8.40. The summed E-state index contributed by atoms with van der Waals surface area (Å²) < 4.78 is 38.8. The molecule has 1 saturated carbocycles. The molecule has 102 valence electrons. The van der Waals surface area contributed by atoms with Gasteiger partial charge in [0.15, 0.2) is 0 Å². The smallest absolute Gasteiger partial charge is 0.394 e. The normalized spacial score (nSPS) is 28.8. The van der Waals surface area contributed by atoms with E-state index in [1.54, 1.807) is 7.05 Å². The zero-order valence-corrected chi connectivity index (χ0v) is 10.0. The van der Waals surface area contributed by atoms with Gasteiger partial charge in [-0.15, -0.1) is 0 Å². The van der Waals surface area contributed by atoms with Crippen molar-refractivity contribution in [2.24, 2.45) is 0 Å². The second-order valence-corrected chi connectivity index (χ2v) is 4.79. The number of aliphatic hydroxyl groups is 1. The van der Waals surface area contributed by atoms with Gasteiger partial charge in [0.1, 0.15) is 0 Å². The summed E-state index contributed by atoms with van der Waals surface area (Å²) in [5.74, 6) is 0. The Labute approximate surface area is 103 Å². The van der Waals surface area contributed by atoms with Crippen LogP contribution >= 0.6 is 0 Å². The standard InChI is InChI=1S/C11H16F3N3O/c1-15-10(7-18)3-2-9(4-10)17-6-8(5-16-17)11(12,13)14/h5-6,9,15,18H,2-4,7H2,1H3. The maximum absolute atomic E-state index is 12.5. The molecule has 2 atom stereocenters. The summed E-state index contributed by atoms with van der Waals surface area (Å²) in [7, 11) is 1.75. The molecule has 0 saturated heterocycles. The Morgan fingerprint density at radius 2 is 2.33 bits per heavy atom. The molecule has 1 aromatic heterocycles. The van der Waals surface area contributed by atoms with Crippen molar-refractivity contribution in [3.8, 4) is 0 Å². The van der Waals surface area contributed by atoms with Crippen molar-refractivity contribution in [3.63, 3.8) is 0 Å². The number of halogens is 3. The quantitative estimate of drug-likeness (QED) is 0.870. The summed E-state index contributed by atoms with van der Waals surface area (Å²) in [6.45, 7) is -0.0204. The number of alkyl halides is 3. The number of rotatable bonds is 3. The second-order valence-electron chi connectivity index (χ2n) is 4.79. The number of likely N-dealkylation sites (N-methyl/N-ethyl adjacent to an activating group) is 1. The number of aromatic nitrogens is 2. The molecule has 0 radical (unpaired) electrons. The summed E-state index contributed by atoms with van der Waals surface area (Å²) in [4.78, 5) is 0. The molecule has 0 aromatic carbocycles.